The largest absolute Gasteiger partial charge is 0.381 e. The van der Waals surface area contributed by atoms with Gasteiger partial charge in [0.05, 0.1) is 0 Å². The molecule has 0 heterocycles. The van der Waals surface area contributed by atoms with Crippen molar-refractivity contribution in [1.82, 2.24) is 0 Å². The highest BCUT2D eigenvalue weighted by atomic mass is 79.9. The Labute approximate surface area is 121 Å². The lowest BCUT2D eigenvalue weighted by atomic mass is 10.1. The van der Waals surface area contributed by atoms with Crippen molar-refractivity contribution in [3.63, 3.8) is 0 Å². The number of nitrogens with one attached hydrogen (secondary N) is 1. The van der Waals surface area contributed by atoms with Gasteiger partial charge in [0.15, 0.2) is 0 Å². The number of rotatable bonds is 4. The first-order valence-corrected chi connectivity index (χ1v) is 7.13. The number of aryl methyl sites for hydroxylation is 1. The quantitative estimate of drug-likeness (QED) is 0.807. The molecule has 0 spiro atoms. The summed E-state index contributed by atoms with van der Waals surface area (Å²) in [6.07, 6.45) is 1.05. The highest BCUT2D eigenvalue weighted by molar-refractivity contribution is 9.10. The van der Waals surface area contributed by atoms with Crippen molar-refractivity contribution in [2.24, 2.45) is 0 Å². The van der Waals surface area contributed by atoms with Crippen LogP contribution in [0.25, 0.3) is 0 Å². The Bertz CT molecular complexity index is 540. The highest BCUT2D eigenvalue weighted by Gasteiger charge is 2.01. The molecule has 0 aliphatic rings. The fourth-order valence-corrected chi connectivity index (χ4v) is 2.50. The monoisotopic (exact) mass is 323 g/mol. The van der Waals surface area contributed by atoms with Crippen LogP contribution in [0.2, 0.25) is 5.02 Å². The lowest BCUT2D eigenvalue weighted by molar-refractivity contribution is 1.12. The van der Waals surface area contributed by atoms with Gasteiger partial charge < -0.3 is 5.32 Å². The predicted octanol–water partition coefficient (Wildman–Crippen LogP) is 5.28. The molecule has 0 amide bonds. The molecule has 0 aliphatic heterocycles. The predicted molar refractivity (Wildman–Crippen MR) is 82.3 cm³/mol. The van der Waals surface area contributed by atoms with Gasteiger partial charge in [0.25, 0.3) is 0 Å². The molecule has 1 nitrogen and oxygen atoms in total. The van der Waals surface area contributed by atoms with Crippen molar-refractivity contribution in [3.8, 4) is 0 Å². The van der Waals surface area contributed by atoms with E-state index in [0.29, 0.717) is 0 Å². The molecule has 1 N–H and O–H groups in total. The molecule has 3 heteroatoms. The number of hydrogen-bond acceptors (Lipinski definition) is 1. The number of halogens is 2. The Hall–Kier alpha value is -0.990. The van der Waals surface area contributed by atoms with Gasteiger partial charge in [-0.25, -0.2) is 0 Å². The Balaban J connectivity index is 2.06. The highest BCUT2D eigenvalue weighted by Crippen LogP contribution is 2.22. The summed E-state index contributed by atoms with van der Waals surface area (Å²) in [7, 11) is 0. The standard InChI is InChI=1S/C15H15BrClN/c1-2-11-4-3-5-14(8-11)18-10-12-6-7-13(16)9-15(12)17/h3-9,18H,2,10H2,1H3. The van der Waals surface area contributed by atoms with Crippen LogP contribution in [0, 0.1) is 0 Å². The summed E-state index contributed by atoms with van der Waals surface area (Å²) >= 11 is 9.59. The van der Waals surface area contributed by atoms with Crippen LogP contribution in [-0.4, -0.2) is 0 Å². The third-order valence-electron chi connectivity index (χ3n) is 2.83. The summed E-state index contributed by atoms with van der Waals surface area (Å²) in [6.45, 7) is 2.89. The van der Waals surface area contributed by atoms with Crippen LogP contribution < -0.4 is 5.32 Å². The maximum Gasteiger partial charge on any atom is 0.0467 e. The number of hydrogen-bond donors (Lipinski definition) is 1. The van der Waals surface area contributed by atoms with E-state index in [1.165, 1.54) is 5.56 Å². The normalized spacial score (nSPS) is 10.4. The maximum atomic E-state index is 6.18. The molecule has 0 bridgehead atoms. The molecule has 0 aromatic heterocycles. The maximum absolute atomic E-state index is 6.18. The minimum Gasteiger partial charge on any atom is -0.381 e. The Morgan fingerprint density at radius 1 is 1.17 bits per heavy atom. The van der Waals surface area contributed by atoms with E-state index in [2.05, 4.69) is 52.4 Å². The van der Waals surface area contributed by atoms with E-state index in [9.17, 15) is 0 Å². The third kappa shape index (κ3) is 3.50. The average molecular weight is 325 g/mol. The summed E-state index contributed by atoms with van der Waals surface area (Å²) in [6, 6.07) is 14.4. The second-order valence-corrected chi connectivity index (χ2v) is 5.47. The second-order valence-electron chi connectivity index (χ2n) is 4.14. The Kier molecular flexibility index (Phi) is 4.67. The average Bonchev–Trinajstić information content (AvgIpc) is 2.38. The van der Waals surface area contributed by atoms with Gasteiger partial charge in [-0.3, -0.25) is 0 Å². The van der Waals surface area contributed by atoms with Crippen molar-refractivity contribution in [3.05, 3.63) is 63.1 Å². The molecule has 2 aromatic carbocycles. The van der Waals surface area contributed by atoms with E-state index in [0.717, 1.165) is 33.7 Å². The van der Waals surface area contributed by atoms with Crippen molar-refractivity contribution in [2.45, 2.75) is 19.9 Å². The molecule has 0 saturated carbocycles. The van der Waals surface area contributed by atoms with Gasteiger partial charge in [0.1, 0.15) is 0 Å². The zero-order chi connectivity index (χ0) is 13.0. The van der Waals surface area contributed by atoms with Gasteiger partial charge in [0.2, 0.25) is 0 Å². The lowest BCUT2D eigenvalue weighted by Gasteiger charge is -2.09. The van der Waals surface area contributed by atoms with Gasteiger partial charge in [-0.15, -0.1) is 0 Å². The van der Waals surface area contributed by atoms with Gasteiger partial charge >= 0.3 is 0 Å². The van der Waals surface area contributed by atoms with Gasteiger partial charge in [-0.2, -0.15) is 0 Å². The lowest BCUT2D eigenvalue weighted by Crippen LogP contribution is -2.00. The fraction of sp³-hybridized carbons (Fsp3) is 0.200. The van der Waals surface area contributed by atoms with E-state index in [1.54, 1.807) is 0 Å². The number of benzene rings is 2. The minimum absolute atomic E-state index is 0.735. The summed E-state index contributed by atoms with van der Waals surface area (Å²) in [4.78, 5) is 0. The Morgan fingerprint density at radius 3 is 2.72 bits per heavy atom. The molecule has 0 atom stereocenters. The van der Waals surface area contributed by atoms with Gasteiger partial charge in [0, 0.05) is 21.7 Å². The van der Waals surface area contributed by atoms with Crippen molar-refractivity contribution in [2.75, 3.05) is 5.32 Å². The molecular formula is C15H15BrClN. The molecule has 0 fully saturated rings. The zero-order valence-electron chi connectivity index (χ0n) is 10.2. The molecular weight excluding hydrogens is 310 g/mol. The first-order valence-electron chi connectivity index (χ1n) is 5.96. The molecule has 18 heavy (non-hydrogen) atoms. The number of anilines is 1. The van der Waals surface area contributed by atoms with E-state index in [4.69, 9.17) is 11.6 Å². The van der Waals surface area contributed by atoms with Gasteiger partial charge in [-0.05, 0) is 41.8 Å². The first-order chi connectivity index (χ1) is 8.69. The summed E-state index contributed by atoms with van der Waals surface area (Å²) in [5.41, 5.74) is 3.57. The molecule has 0 aliphatic carbocycles. The molecule has 0 radical (unpaired) electrons. The second kappa shape index (κ2) is 6.26. The van der Waals surface area contributed by atoms with Crippen LogP contribution in [0.5, 0.6) is 0 Å². The minimum atomic E-state index is 0.735. The summed E-state index contributed by atoms with van der Waals surface area (Å²) in [5, 5.41) is 4.18. The molecule has 0 saturated heterocycles. The summed E-state index contributed by atoms with van der Waals surface area (Å²) in [5.74, 6) is 0. The van der Waals surface area contributed by atoms with Crippen molar-refractivity contribution in [1.29, 1.82) is 0 Å². The van der Waals surface area contributed by atoms with Crippen LogP contribution in [0.4, 0.5) is 5.69 Å². The zero-order valence-corrected chi connectivity index (χ0v) is 12.6. The van der Waals surface area contributed by atoms with Crippen LogP contribution in [0.1, 0.15) is 18.1 Å². The van der Waals surface area contributed by atoms with E-state index in [-0.39, 0.29) is 0 Å². The van der Waals surface area contributed by atoms with Crippen molar-refractivity contribution < 1.29 is 0 Å². The van der Waals surface area contributed by atoms with E-state index >= 15 is 0 Å². The van der Waals surface area contributed by atoms with Crippen molar-refractivity contribution >= 4 is 33.2 Å². The third-order valence-corrected chi connectivity index (χ3v) is 3.68. The first kappa shape index (κ1) is 13.4. The molecule has 2 rings (SSSR count). The molecule has 94 valence electrons. The van der Waals surface area contributed by atoms with E-state index in [1.807, 2.05) is 18.2 Å². The molecule has 0 unspecified atom stereocenters. The molecule has 2 aromatic rings. The van der Waals surface area contributed by atoms with Gasteiger partial charge in [-0.1, -0.05) is 52.7 Å². The Morgan fingerprint density at radius 2 is 2.00 bits per heavy atom. The summed E-state index contributed by atoms with van der Waals surface area (Å²) < 4.78 is 1.00. The van der Waals surface area contributed by atoms with Crippen LogP contribution in [0.3, 0.4) is 0 Å². The fourth-order valence-electron chi connectivity index (χ4n) is 1.76. The van der Waals surface area contributed by atoms with Crippen LogP contribution >= 0.6 is 27.5 Å². The van der Waals surface area contributed by atoms with Crippen LogP contribution in [0.15, 0.2) is 46.9 Å². The SMILES string of the molecule is CCc1cccc(NCc2ccc(Br)cc2Cl)c1. The van der Waals surface area contributed by atoms with Crippen LogP contribution in [-0.2, 0) is 13.0 Å². The smallest absolute Gasteiger partial charge is 0.0467 e. The topological polar surface area (TPSA) is 12.0 Å². The van der Waals surface area contributed by atoms with E-state index < -0.39 is 0 Å².